The summed E-state index contributed by atoms with van der Waals surface area (Å²) >= 11 is 0. The van der Waals surface area contributed by atoms with Crippen molar-refractivity contribution in [1.29, 1.82) is 0 Å². The number of benzene rings is 1. The van der Waals surface area contributed by atoms with Gasteiger partial charge < -0.3 is 37.8 Å². The Balaban J connectivity index is 2.11. The number of carboxylic acids is 1. The smallest absolute Gasteiger partial charge is 0.326 e. The maximum Gasteiger partial charge on any atom is 0.326 e. The lowest BCUT2D eigenvalue weighted by Gasteiger charge is -2.28. The quantitative estimate of drug-likeness (QED) is 0.163. The molecule has 4 unspecified atom stereocenters. The largest absolute Gasteiger partial charge is 0.480 e. The van der Waals surface area contributed by atoms with Crippen LogP contribution in [0.2, 0.25) is 0 Å². The molecule has 0 saturated carbocycles. The number of rotatable bonds is 14. The third kappa shape index (κ3) is 9.18. The van der Waals surface area contributed by atoms with Crippen molar-refractivity contribution in [2.75, 3.05) is 6.54 Å². The van der Waals surface area contributed by atoms with Crippen molar-refractivity contribution in [3.8, 4) is 0 Å². The molecule has 0 aromatic heterocycles. The van der Waals surface area contributed by atoms with Crippen molar-refractivity contribution in [3.63, 3.8) is 0 Å². The molecule has 0 aliphatic carbocycles. The molecular formula is C24H34N6O7. The monoisotopic (exact) mass is 518 g/mol. The second-order valence-electron chi connectivity index (χ2n) is 8.96. The van der Waals surface area contributed by atoms with Gasteiger partial charge in [-0.3, -0.25) is 24.0 Å². The summed E-state index contributed by atoms with van der Waals surface area (Å²) in [5.74, 6) is -4.54. The van der Waals surface area contributed by atoms with Gasteiger partial charge in [-0.25, -0.2) is 4.79 Å². The fourth-order valence-electron chi connectivity index (χ4n) is 4.08. The summed E-state index contributed by atoms with van der Waals surface area (Å²) in [6.45, 7) is 0.261. The highest BCUT2D eigenvalue weighted by Crippen LogP contribution is 2.19. The minimum absolute atomic E-state index is 0.00644. The van der Waals surface area contributed by atoms with Gasteiger partial charge >= 0.3 is 5.97 Å². The first-order chi connectivity index (χ1) is 17.5. The zero-order chi connectivity index (χ0) is 27.5. The molecule has 4 atom stereocenters. The van der Waals surface area contributed by atoms with Crippen LogP contribution in [0.1, 0.15) is 44.1 Å². The molecule has 13 heteroatoms. The average Bonchev–Trinajstić information content (AvgIpc) is 3.34. The standard InChI is InChI=1S/C24H34N6O7/c25-15(8-10-19(26)31)23(35)30-12-4-7-18(30)22(34)28-16(9-11-20(27)32)21(33)29-17(24(36)37)13-14-5-2-1-3-6-14/h1-3,5-6,15-18H,4,7-13,25H2,(H2,26,31)(H2,27,32)(H,28,34)(H,29,33)(H,36,37). The van der Waals surface area contributed by atoms with Crippen LogP contribution in [0.3, 0.4) is 0 Å². The number of nitrogens with zero attached hydrogens (tertiary/aromatic N) is 1. The van der Waals surface area contributed by atoms with Gasteiger partial charge in [-0.05, 0) is 31.2 Å². The first-order valence-electron chi connectivity index (χ1n) is 12.0. The molecule has 202 valence electrons. The maximum atomic E-state index is 13.1. The maximum absolute atomic E-state index is 13.1. The third-order valence-electron chi connectivity index (χ3n) is 6.07. The molecule has 2 rings (SSSR count). The van der Waals surface area contributed by atoms with Gasteiger partial charge in [-0.15, -0.1) is 0 Å². The normalized spacial score (nSPS) is 17.3. The van der Waals surface area contributed by atoms with Crippen LogP contribution in [-0.2, 0) is 35.2 Å². The zero-order valence-corrected chi connectivity index (χ0v) is 20.4. The Bertz CT molecular complexity index is 1000. The Morgan fingerprint density at radius 3 is 2.16 bits per heavy atom. The second-order valence-corrected chi connectivity index (χ2v) is 8.96. The number of carboxylic acid groups (broad SMARTS) is 1. The lowest BCUT2D eigenvalue weighted by molar-refractivity contribution is -0.143. The lowest BCUT2D eigenvalue weighted by Crippen LogP contribution is -2.57. The summed E-state index contributed by atoms with van der Waals surface area (Å²) in [7, 11) is 0. The van der Waals surface area contributed by atoms with E-state index in [-0.39, 0.29) is 38.6 Å². The number of primary amides is 2. The van der Waals surface area contributed by atoms with Crippen LogP contribution in [0.4, 0.5) is 0 Å². The molecule has 1 aromatic rings. The predicted octanol–water partition coefficient (Wildman–Crippen LogP) is -1.87. The molecule has 1 saturated heterocycles. The van der Waals surface area contributed by atoms with Crippen LogP contribution in [0.15, 0.2) is 30.3 Å². The van der Waals surface area contributed by atoms with Crippen molar-refractivity contribution < 1.29 is 33.9 Å². The molecule has 13 nitrogen and oxygen atoms in total. The van der Waals surface area contributed by atoms with Gasteiger partial charge in [0.25, 0.3) is 0 Å². The fraction of sp³-hybridized carbons (Fsp3) is 0.500. The van der Waals surface area contributed by atoms with E-state index in [2.05, 4.69) is 10.6 Å². The first-order valence-corrected chi connectivity index (χ1v) is 12.0. The third-order valence-corrected chi connectivity index (χ3v) is 6.07. The molecule has 1 aromatic carbocycles. The van der Waals surface area contributed by atoms with E-state index < -0.39 is 59.7 Å². The lowest BCUT2D eigenvalue weighted by atomic mass is 10.0. The number of nitrogens with one attached hydrogen (secondary N) is 2. The Morgan fingerprint density at radius 1 is 0.946 bits per heavy atom. The van der Waals surface area contributed by atoms with E-state index in [0.717, 1.165) is 0 Å². The van der Waals surface area contributed by atoms with Gasteiger partial charge in [0.2, 0.25) is 29.5 Å². The van der Waals surface area contributed by atoms with Gasteiger partial charge in [-0.1, -0.05) is 30.3 Å². The Morgan fingerprint density at radius 2 is 1.57 bits per heavy atom. The topological polar surface area (TPSA) is 228 Å². The van der Waals surface area contributed by atoms with E-state index >= 15 is 0 Å². The summed E-state index contributed by atoms with van der Waals surface area (Å²) in [6, 6.07) is 4.19. The number of aliphatic carboxylic acids is 1. The summed E-state index contributed by atoms with van der Waals surface area (Å²) in [6.07, 6.45) is 0.385. The van der Waals surface area contributed by atoms with Crippen LogP contribution < -0.4 is 27.8 Å². The number of amides is 5. The van der Waals surface area contributed by atoms with E-state index in [1.807, 2.05) is 0 Å². The van der Waals surface area contributed by atoms with Crippen LogP contribution in [0.25, 0.3) is 0 Å². The van der Waals surface area contributed by atoms with Gasteiger partial charge in [0, 0.05) is 25.8 Å². The summed E-state index contributed by atoms with van der Waals surface area (Å²) in [4.78, 5) is 74.3. The Labute approximate surface area is 214 Å². The molecule has 0 spiro atoms. The van der Waals surface area contributed by atoms with E-state index in [1.54, 1.807) is 30.3 Å². The van der Waals surface area contributed by atoms with Crippen molar-refractivity contribution in [3.05, 3.63) is 35.9 Å². The van der Waals surface area contributed by atoms with Crippen LogP contribution in [0, 0.1) is 0 Å². The molecule has 5 amide bonds. The summed E-state index contributed by atoms with van der Waals surface area (Å²) < 4.78 is 0. The van der Waals surface area contributed by atoms with Gasteiger partial charge in [0.1, 0.15) is 18.1 Å². The average molecular weight is 519 g/mol. The minimum atomic E-state index is -1.28. The molecule has 1 aliphatic rings. The molecule has 37 heavy (non-hydrogen) atoms. The molecule has 1 fully saturated rings. The van der Waals surface area contributed by atoms with Crippen molar-refractivity contribution >= 4 is 35.5 Å². The zero-order valence-electron chi connectivity index (χ0n) is 20.4. The van der Waals surface area contributed by atoms with Gasteiger partial charge in [-0.2, -0.15) is 0 Å². The Hall–Kier alpha value is -4.00. The highest BCUT2D eigenvalue weighted by molar-refractivity contribution is 5.94. The number of likely N-dealkylation sites (tertiary alicyclic amines) is 1. The number of hydrogen-bond donors (Lipinski definition) is 6. The van der Waals surface area contributed by atoms with E-state index in [9.17, 15) is 33.9 Å². The molecular weight excluding hydrogens is 484 g/mol. The van der Waals surface area contributed by atoms with E-state index in [0.29, 0.717) is 18.4 Å². The highest BCUT2D eigenvalue weighted by Gasteiger charge is 2.38. The molecule has 0 radical (unpaired) electrons. The second kappa shape index (κ2) is 13.9. The van der Waals surface area contributed by atoms with Crippen LogP contribution >= 0.6 is 0 Å². The molecule has 1 heterocycles. The van der Waals surface area contributed by atoms with Crippen LogP contribution in [-0.4, -0.2) is 76.2 Å². The fourth-order valence-corrected chi connectivity index (χ4v) is 4.08. The van der Waals surface area contributed by atoms with Crippen molar-refractivity contribution in [2.24, 2.45) is 17.2 Å². The first kappa shape index (κ1) is 29.2. The SMILES string of the molecule is NC(=O)CCC(N)C(=O)N1CCCC1C(=O)NC(CCC(N)=O)C(=O)NC(Cc1ccccc1)C(=O)O. The summed E-state index contributed by atoms with van der Waals surface area (Å²) in [5, 5.41) is 14.6. The number of hydrogen-bond acceptors (Lipinski definition) is 7. The molecule has 9 N–H and O–H groups in total. The van der Waals surface area contributed by atoms with E-state index in [1.165, 1.54) is 4.90 Å². The van der Waals surface area contributed by atoms with Crippen molar-refractivity contribution in [2.45, 2.75) is 69.1 Å². The molecule has 0 bridgehead atoms. The number of carbonyl (C=O) groups is 6. The summed E-state index contributed by atoms with van der Waals surface area (Å²) in [5.41, 5.74) is 16.9. The van der Waals surface area contributed by atoms with Crippen LogP contribution in [0.5, 0.6) is 0 Å². The number of nitrogens with two attached hydrogens (primary N) is 3. The van der Waals surface area contributed by atoms with E-state index in [4.69, 9.17) is 17.2 Å². The predicted molar refractivity (Wildman–Crippen MR) is 131 cm³/mol. The Kier molecular flexibility index (Phi) is 11.0. The molecule has 1 aliphatic heterocycles. The minimum Gasteiger partial charge on any atom is -0.480 e. The van der Waals surface area contributed by atoms with Gasteiger partial charge in [0.05, 0.1) is 6.04 Å². The number of carbonyl (C=O) groups excluding carboxylic acids is 5. The highest BCUT2D eigenvalue weighted by atomic mass is 16.4. The van der Waals surface area contributed by atoms with Gasteiger partial charge in [0.15, 0.2) is 0 Å². The van der Waals surface area contributed by atoms with Crippen molar-refractivity contribution in [1.82, 2.24) is 15.5 Å².